The largest absolute Gasteiger partial charge is 0.331 e. The number of imidazole rings is 1. The predicted octanol–water partition coefficient (Wildman–Crippen LogP) is 1.74. The fraction of sp³-hybridized carbons (Fsp3) is 0.727. The molecule has 0 aromatic carbocycles. The van der Waals surface area contributed by atoms with E-state index in [1.807, 2.05) is 12.5 Å². The maximum absolute atomic E-state index is 5.79. The summed E-state index contributed by atoms with van der Waals surface area (Å²) >= 11 is 0. The van der Waals surface area contributed by atoms with Gasteiger partial charge in [0.2, 0.25) is 0 Å². The molecule has 3 heteroatoms. The minimum atomic E-state index is 0.411. The minimum Gasteiger partial charge on any atom is -0.331 e. The fourth-order valence-corrected chi connectivity index (χ4v) is 2.09. The van der Waals surface area contributed by atoms with Crippen LogP contribution in [0.5, 0.6) is 0 Å². The van der Waals surface area contributed by atoms with Gasteiger partial charge >= 0.3 is 0 Å². The van der Waals surface area contributed by atoms with Crippen molar-refractivity contribution in [3.05, 3.63) is 18.2 Å². The van der Waals surface area contributed by atoms with Gasteiger partial charge in [0, 0.05) is 24.0 Å². The van der Waals surface area contributed by atoms with Crippen LogP contribution in [-0.2, 0) is 6.42 Å². The summed E-state index contributed by atoms with van der Waals surface area (Å²) in [5.41, 5.74) is 7.15. The predicted molar refractivity (Wildman–Crippen MR) is 57.0 cm³/mol. The quantitative estimate of drug-likeness (QED) is 0.794. The van der Waals surface area contributed by atoms with Gasteiger partial charge in [0.05, 0.1) is 6.33 Å². The summed E-state index contributed by atoms with van der Waals surface area (Å²) in [5.74, 6) is 0.694. The second kappa shape index (κ2) is 3.73. The molecule has 1 aromatic heterocycles. The zero-order valence-corrected chi connectivity index (χ0v) is 8.98. The summed E-state index contributed by atoms with van der Waals surface area (Å²) in [6.07, 6.45) is 7.28. The van der Waals surface area contributed by atoms with Crippen molar-refractivity contribution in [3.8, 4) is 0 Å². The van der Waals surface area contributed by atoms with Gasteiger partial charge in [0.15, 0.2) is 0 Å². The molecule has 0 saturated heterocycles. The Hall–Kier alpha value is -0.830. The van der Waals surface area contributed by atoms with Crippen LogP contribution in [0.3, 0.4) is 0 Å². The van der Waals surface area contributed by atoms with Gasteiger partial charge in [0.25, 0.3) is 0 Å². The highest BCUT2D eigenvalue weighted by molar-refractivity contribution is 5.04. The Kier molecular flexibility index (Phi) is 2.59. The van der Waals surface area contributed by atoms with Gasteiger partial charge in [0.1, 0.15) is 0 Å². The molecule has 0 radical (unpaired) electrons. The van der Waals surface area contributed by atoms with Gasteiger partial charge in [-0.05, 0) is 25.2 Å². The van der Waals surface area contributed by atoms with E-state index in [9.17, 15) is 0 Å². The van der Waals surface area contributed by atoms with Crippen LogP contribution in [0.1, 0.15) is 38.4 Å². The van der Waals surface area contributed by atoms with E-state index in [4.69, 9.17) is 5.73 Å². The molecular formula is C11H19N3. The Bertz CT molecular complexity index is 297. The number of hydrogen-bond donors (Lipinski definition) is 1. The van der Waals surface area contributed by atoms with Gasteiger partial charge in [-0.3, -0.25) is 0 Å². The van der Waals surface area contributed by atoms with Crippen LogP contribution in [0.15, 0.2) is 12.5 Å². The summed E-state index contributed by atoms with van der Waals surface area (Å²) in [4.78, 5) is 4.23. The average molecular weight is 193 g/mol. The van der Waals surface area contributed by atoms with Crippen LogP contribution in [0.4, 0.5) is 0 Å². The number of aromatic nitrogens is 2. The second-order valence-electron chi connectivity index (χ2n) is 4.78. The molecule has 1 aliphatic carbocycles. The molecule has 1 fully saturated rings. The molecule has 78 valence electrons. The van der Waals surface area contributed by atoms with Gasteiger partial charge in [-0.25, -0.2) is 4.98 Å². The highest BCUT2D eigenvalue weighted by atomic mass is 15.1. The molecule has 0 aliphatic heterocycles. The summed E-state index contributed by atoms with van der Waals surface area (Å²) in [6.45, 7) is 4.48. The van der Waals surface area contributed by atoms with Crippen molar-refractivity contribution in [1.29, 1.82) is 0 Å². The van der Waals surface area contributed by atoms with Crippen molar-refractivity contribution in [2.45, 2.75) is 45.2 Å². The maximum Gasteiger partial charge on any atom is 0.0950 e. The van der Waals surface area contributed by atoms with Crippen molar-refractivity contribution in [3.63, 3.8) is 0 Å². The first-order chi connectivity index (χ1) is 6.66. The number of nitrogens with two attached hydrogens (primary N) is 1. The van der Waals surface area contributed by atoms with E-state index in [-0.39, 0.29) is 0 Å². The van der Waals surface area contributed by atoms with Gasteiger partial charge in [-0.15, -0.1) is 0 Å². The first kappa shape index (κ1) is 9.71. The van der Waals surface area contributed by atoms with Gasteiger partial charge < -0.3 is 10.3 Å². The van der Waals surface area contributed by atoms with Crippen molar-refractivity contribution >= 4 is 0 Å². The lowest BCUT2D eigenvalue weighted by Gasteiger charge is -2.34. The number of hydrogen-bond acceptors (Lipinski definition) is 2. The van der Waals surface area contributed by atoms with Gasteiger partial charge in [-0.1, -0.05) is 13.8 Å². The van der Waals surface area contributed by atoms with Crippen molar-refractivity contribution in [1.82, 2.24) is 9.55 Å². The van der Waals surface area contributed by atoms with E-state index >= 15 is 0 Å². The molecular weight excluding hydrogens is 174 g/mol. The Morgan fingerprint density at radius 2 is 2.29 bits per heavy atom. The maximum atomic E-state index is 5.79. The third kappa shape index (κ3) is 1.82. The Morgan fingerprint density at radius 1 is 1.57 bits per heavy atom. The summed E-state index contributed by atoms with van der Waals surface area (Å²) in [7, 11) is 0. The smallest absolute Gasteiger partial charge is 0.0950 e. The molecule has 0 unspecified atom stereocenters. The number of nitrogens with zero attached hydrogens (tertiary/aromatic N) is 2. The van der Waals surface area contributed by atoms with Crippen molar-refractivity contribution in [2.75, 3.05) is 0 Å². The molecule has 2 rings (SSSR count). The molecule has 1 heterocycles. The van der Waals surface area contributed by atoms with Gasteiger partial charge in [-0.2, -0.15) is 0 Å². The molecule has 2 N–H and O–H groups in total. The van der Waals surface area contributed by atoms with Crippen LogP contribution >= 0.6 is 0 Å². The summed E-state index contributed by atoms with van der Waals surface area (Å²) in [6, 6.07) is 1.02. The zero-order chi connectivity index (χ0) is 10.1. The molecule has 0 bridgehead atoms. The highest BCUT2D eigenvalue weighted by Crippen LogP contribution is 2.32. The lowest BCUT2D eigenvalue weighted by atomic mass is 9.87. The molecule has 0 spiro atoms. The van der Waals surface area contributed by atoms with E-state index in [0.717, 1.165) is 19.3 Å². The van der Waals surface area contributed by atoms with E-state index in [1.54, 1.807) is 0 Å². The topological polar surface area (TPSA) is 43.8 Å². The monoisotopic (exact) mass is 193 g/mol. The van der Waals surface area contributed by atoms with E-state index in [1.165, 1.54) is 5.69 Å². The molecule has 3 nitrogen and oxygen atoms in total. The van der Waals surface area contributed by atoms with Crippen LogP contribution in [0.25, 0.3) is 0 Å². The lowest BCUT2D eigenvalue weighted by molar-refractivity contribution is 0.260. The second-order valence-corrected chi connectivity index (χ2v) is 4.78. The van der Waals surface area contributed by atoms with Crippen LogP contribution in [-0.4, -0.2) is 15.6 Å². The van der Waals surface area contributed by atoms with Crippen LogP contribution in [0.2, 0.25) is 0 Å². The summed E-state index contributed by atoms with van der Waals surface area (Å²) in [5, 5.41) is 0. The standard InChI is InChI=1S/C11H19N3/c1-8(2)3-11-6-13-7-14(11)10-4-9(12)5-10/h6-10H,3-5,12H2,1-2H3. The first-order valence-electron chi connectivity index (χ1n) is 5.43. The molecule has 1 aliphatic rings. The molecule has 0 atom stereocenters. The average Bonchev–Trinajstić information content (AvgIpc) is 2.45. The van der Waals surface area contributed by atoms with Crippen LogP contribution in [0, 0.1) is 5.92 Å². The zero-order valence-electron chi connectivity index (χ0n) is 8.98. The minimum absolute atomic E-state index is 0.411. The third-order valence-electron chi connectivity index (χ3n) is 2.91. The molecule has 14 heavy (non-hydrogen) atoms. The van der Waals surface area contributed by atoms with E-state index in [2.05, 4.69) is 23.4 Å². The Balaban J connectivity index is 2.06. The molecule has 0 amide bonds. The third-order valence-corrected chi connectivity index (χ3v) is 2.91. The number of rotatable bonds is 3. The SMILES string of the molecule is CC(C)Cc1cncn1C1CC(N)C1. The lowest BCUT2D eigenvalue weighted by Crippen LogP contribution is -2.38. The van der Waals surface area contributed by atoms with E-state index < -0.39 is 0 Å². The Labute approximate surface area is 85.3 Å². The first-order valence-corrected chi connectivity index (χ1v) is 5.43. The van der Waals surface area contributed by atoms with Crippen LogP contribution < -0.4 is 5.73 Å². The van der Waals surface area contributed by atoms with Crippen molar-refractivity contribution in [2.24, 2.45) is 11.7 Å². The van der Waals surface area contributed by atoms with E-state index in [0.29, 0.717) is 18.0 Å². The van der Waals surface area contributed by atoms with Crippen molar-refractivity contribution < 1.29 is 0 Å². The highest BCUT2D eigenvalue weighted by Gasteiger charge is 2.28. The molecule has 1 saturated carbocycles. The normalized spacial score (nSPS) is 26.6. The molecule has 1 aromatic rings. The fourth-order valence-electron chi connectivity index (χ4n) is 2.09. The Morgan fingerprint density at radius 3 is 2.86 bits per heavy atom. The summed E-state index contributed by atoms with van der Waals surface area (Å²) < 4.78 is 2.31.